The van der Waals surface area contributed by atoms with Crippen molar-refractivity contribution < 1.29 is 4.42 Å². The first-order valence-electron chi connectivity index (χ1n) is 7.85. The van der Waals surface area contributed by atoms with Crippen LogP contribution < -0.4 is 4.90 Å². The van der Waals surface area contributed by atoms with Crippen LogP contribution in [0.25, 0.3) is 11.3 Å². The van der Waals surface area contributed by atoms with Crippen molar-refractivity contribution in [2.75, 3.05) is 18.0 Å². The number of hydrogen-bond donors (Lipinski definition) is 0. The van der Waals surface area contributed by atoms with E-state index >= 15 is 0 Å². The molecule has 116 valence electrons. The molecule has 0 fully saturated rings. The smallest absolute Gasteiger partial charge is 0.128 e. The van der Waals surface area contributed by atoms with E-state index in [9.17, 15) is 0 Å². The SMILES string of the molecule is Cc1cccc(N2CCc3ncnc(-c4ccoc4)c3CC2)n1. The Morgan fingerprint density at radius 3 is 2.83 bits per heavy atom. The van der Waals surface area contributed by atoms with Crippen LogP contribution in [0.5, 0.6) is 0 Å². The molecule has 4 rings (SSSR count). The predicted molar refractivity (Wildman–Crippen MR) is 88.3 cm³/mol. The molecule has 0 aliphatic carbocycles. The quantitative estimate of drug-likeness (QED) is 0.728. The van der Waals surface area contributed by atoms with Crippen LogP contribution in [-0.2, 0) is 12.8 Å². The average Bonchev–Trinajstić information content (AvgIpc) is 3.01. The van der Waals surface area contributed by atoms with E-state index in [2.05, 4.69) is 32.0 Å². The van der Waals surface area contributed by atoms with E-state index in [1.54, 1.807) is 18.9 Å². The molecule has 0 atom stereocenters. The molecule has 23 heavy (non-hydrogen) atoms. The number of anilines is 1. The molecule has 0 bridgehead atoms. The van der Waals surface area contributed by atoms with Crippen LogP contribution in [0.4, 0.5) is 5.82 Å². The van der Waals surface area contributed by atoms with Gasteiger partial charge >= 0.3 is 0 Å². The summed E-state index contributed by atoms with van der Waals surface area (Å²) >= 11 is 0. The number of furan rings is 1. The predicted octanol–water partition coefficient (Wildman–Crippen LogP) is 3.05. The molecule has 5 heteroatoms. The summed E-state index contributed by atoms with van der Waals surface area (Å²) < 4.78 is 5.21. The summed E-state index contributed by atoms with van der Waals surface area (Å²) in [7, 11) is 0. The molecule has 0 spiro atoms. The summed E-state index contributed by atoms with van der Waals surface area (Å²) in [6, 6.07) is 8.12. The van der Waals surface area contributed by atoms with Gasteiger partial charge in [0.05, 0.1) is 18.2 Å². The molecule has 3 aromatic rings. The van der Waals surface area contributed by atoms with E-state index in [1.165, 1.54) is 5.56 Å². The van der Waals surface area contributed by atoms with Gasteiger partial charge in [0.1, 0.15) is 12.1 Å². The number of aryl methyl sites for hydroxylation is 1. The van der Waals surface area contributed by atoms with E-state index in [0.29, 0.717) is 0 Å². The maximum absolute atomic E-state index is 5.21. The maximum atomic E-state index is 5.21. The lowest BCUT2D eigenvalue weighted by Gasteiger charge is -2.21. The summed E-state index contributed by atoms with van der Waals surface area (Å²) in [5.74, 6) is 1.04. The van der Waals surface area contributed by atoms with Crippen molar-refractivity contribution >= 4 is 5.82 Å². The second-order valence-corrected chi connectivity index (χ2v) is 5.78. The van der Waals surface area contributed by atoms with Gasteiger partial charge in [-0.15, -0.1) is 0 Å². The van der Waals surface area contributed by atoms with Crippen LogP contribution in [-0.4, -0.2) is 28.0 Å². The molecule has 0 N–H and O–H groups in total. The van der Waals surface area contributed by atoms with Gasteiger partial charge in [-0.25, -0.2) is 15.0 Å². The summed E-state index contributed by atoms with van der Waals surface area (Å²) in [4.78, 5) is 16.0. The lowest BCUT2D eigenvalue weighted by Crippen LogP contribution is -2.27. The standard InChI is InChI=1S/C18H18N4O/c1-13-3-2-4-17(21-13)22-8-5-15-16(6-9-22)19-12-20-18(15)14-7-10-23-11-14/h2-4,7,10-12H,5-6,8-9H2,1H3. The van der Waals surface area contributed by atoms with Crippen molar-refractivity contribution in [1.29, 1.82) is 0 Å². The van der Waals surface area contributed by atoms with Crippen molar-refractivity contribution in [2.45, 2.75) is 19.8 Å². The first kappa shape index (κ1) is 13.9. The van der Waals surface area contributed by atoms with Gasteiger partial charge in [0.15, 0.2) is 0 Å². The summed E-state index contributed by atoms with van der Waals surface area (Å²) in [5.41, 5.74) is 5.41. The second-order valence-electron chi connectivity index (χ2n) is 5.78. The third-order valence-corrected chi connectivity index (χ3v) is 4.28. The molecule has 1 aliphatic rings. The monoisotopic (exact) mass is 306 g/mol. The highest BCUT2D eigenvalue weighted by Gasteiger charge is 2.20. The van der Waals surface area contributed by atoms with E-state index in [0.717, 1.165) is 54.4 Å². The number of aromatic nitrogens is 3. The fraction of sp³-hybridized carbons (Fsp3) is 0.278. The van der Waals surface area contributed by atoms with Crippen LogP contribution in [0.15, 0.2) is 47.5 Å². The van der Waals surface area contributed by atoms with Crippen LogP contribution in [0.3, 0.4) is 0 Å². The highest BCUT2D eigenvalue weighted by molar-refractivity contribution is 5.63. The van der Waals surface area contributed by atoms with Gasteiger partial charge in [0.2, 0.25) is 0 Å². The molecule has 0 radical (unpaired) electrons. The highest BCUT2D eigenvalue weighted by atomic mass is 16.3. The van der Waals surface area contributed by atoms with Gasteiger partial charge in [0.25, 0.3) is 0 Å². The van der Waals surface area contributed by atoms with Gasteiger partial charge in [-0.1, -0.05) is 6.07 Å². The Hall–Kier alpha value is -2.69. The Kier molecular flexibility index (Phi) is 3.54. The topological polar surface area (TPSA) is 55.1 Å². The van der Waals surface area contributed by atoms with Crippen LogP contribution >= 0.6 is 0 Å². The number of pyridine rings is 1. The number of rotatable bonds is 2. The lowest BCUT2D eigenvalue weighted by atomic mass is 10.0. The zero-order chi connectivity index (χ0) is 15.6. The normalized spacial score (nSPS) is 14.4. The van der Waals surface area contributed by atoms with Gasteiger partial charge in [-0.3, -0.25) is 0 Å². The largest absolute Gasteiger partial charge is 0.472 e. The number of fused-ring (bicyclic) bond motifs is 1. The van der Waals surface area contributed by atoms with E-state index in [4.69, 9.17) is 4.42 Å². The van der Waals surface area contributed by atoms with Crippen molar-refractivity contribution in [3.8, 4) is 11.3 Å². The lowest BCUT2D eigenvalue weighted by molar-refractivity contribution is 0.568. The minimum absolute atomic E-state index is 0.901. The van der Waals surface area contributed by atoms with E-state index in [-0.39, 0.29) is 0 Å². The van der Waals surface area contributed by atoms with E-state index < -0.39 is 0 Å². The Labute approximate surface area is 135 Å². The van der Waals surface area contributed by atoms with Gasteiger partial charge in [-0.05, 0) is 31.5 Å². The van der Waals surface area contributed by atoms with Gasteiger partial charge in [0, 0.05) is 42.0 Å². The van der Waals surface area contributed by atoms with Crippen molar-refractivity contribution in [2.24, 2.45) is 0 Å². The molecule has 0 aromatic carbocycles. The zero-order valence-electron chi connectivity index (χ0n) is 13.1. The Bertz CT molecular complexity index is 814. The summed E-state index contributed by atoms with van der Waals surface area (Å²) in [5, 5.41) is 0. The second kappa shape index (κ2) is 5.83. The average molecular weight is 306 g/mol. The molecule has 3 aromatic heterocycles. The molecular weight excluding hydrogens is 288 g/mol. The molecular formula is C18H18N4O. The maximum Gasteiger partial charge on any atom is 0.128 e. The van der Waals surface area contributed by atoms with Crippen molar-refractivity contribution in [3.05, 3.63) is 60.1 Å². The van der Waals surface area contributed by atoms with Crippen molar-refractivity contribution in [3.63, 3.8) is 0 Å². The van der Waals surface area contributed by atoms with E-state index in [1.807, 2.05) is 19.1 Å². The third kappa shape index (κ3) is 2.70. The fourth-order valence-electron chi connectivity index (χ4n) is 3.11. The molecule has 1 aliphatic heterocycles. The summed E-state index contributed by atoms with van der Waals surface area (Å²) in [6.45, 7) is 3.87. The Morgan fingerprint density at radius 1 is 1.09 bits per heavy atom. The molecule has 4 heterocycles. The minimum atomic E-state index is 0.901. The van der Waals surface area contributed by atoms with Crippen LogP contribution in [0.1, 0.15) is 17.0 Å². The molecule has 0 saturated heterocycles. The van der Waals surface area contributed by atoms with Gasteiger partial charge in [-0.2, -0.15) is 0 Å². The summed E-state index contributed by atoms with van der Waals surface area (Å²) in [6.07, 6.45) is 6.89. The van der Waals surface area contributed by atoms with Gasteiger partial charge < -0.3 is 9.32 Å². The minimum Gasteiger partial charge on any atom is -0.472 e. The van der Waals surface area contributed by atoms with Crippen LogP contribution in [0, 0.1) is 6.92 Å². The number of hydrogen-bond acceptors (Lipinski definition) is 5. The van der Waals surface area contributed by atoms with Crippen LogP contribution in [0.2, 0.25) is 0 Å². The highest BCUT2D eigenvalue weighted by Crippen LogP contribution is 2.27. The molecule has 0 saturated carbocycles. The Balaban J connectivity index is 1.66. The fourth-order valence-corrected chi connectivity index (χ4v) is 3.11. The third-order valence-electron chi connectivity index (χ3n) is 4.28. The molecule has 0 amide bonds. The first-order valence-corrected chi connectivity index (χ1v) is 7.85. The zero-order valence-corrected chi connectivity index (χ0v) is 13.1. The first-order chi connectivity index (χ1) is 11.3. The Morgan fingerprint density at radius 2 is 2.00 bits per heavy atom. The molecule has 0 unspecified atom stereocenters. The molecule has 5 nitrogen and oxygen atoms in total. The van der Waals surface area contributed by atoms with Crippen molar-refractivity contribution in [1.82, 2.24) is 15.0 Å². The number of nitrogens with zero attached hydrogens (tertiary/aromatic N) is 4.